The summed E-state index contributed by atoms with van der Waals surface area (Å²) in [6.07, 6.45) is 1.93. The summed E-state index contributed by atoms with van der Waals surface area (Å²) in [7, 11) is 1.58. The Hall–Kier alpha value is -2.57. The fourth-order valence-corrected chi connectivity index (χ4v) is 3.42. The van der Waals surface area contributed by atoms with Crippen LogP contribution in [0.15, 0.2) is 24.3 Å². The van der Waals surface area contributed by atoms with Crippen LogP contribution in [0.1, 0.15) is 37.3 Å². The molecule has 1 aliphatic carbocycles. The number of likely N-dealkylation sites (tertiary alicyclic amines) is 1. The average Bonchev–Trinajstić information content (AvgIpc) is 3.36. The van der Waals surface area contributed by atoms with Gasteiger partial charge in [-0.1, -0.05) is 12.1 Å². The van der Waals surface area contributed by atoms with Crippen LogP contribution >= 0.6 is 0 Å². The van der Waals surface area contributed by atoms with Crippen molar-refractivity contribution in [1.82, 2.24) is 10.2 Å². The van der Waals surface area contributed by atoms with Crippen LogP contribution in [-0.2, 0) is 14.4 Å². The van der Waals surface area contributed by atoms with Crippen LogP contribution in [0, 0.1) is 5.92 Å². The molecular formula is C18H22N2O5. The van der Waals surface area contributed by atoms with Gasteiger partial charge in [0, 0.05) is 19.0 Å². The van der Waals surface area contributed by atoms with Gasteiger partial charge in [0.2, 0.25) is 11.8 Å². The lowest BCUT2D eigenvalue weighted by molar-refractivity contribution is -0.137. The van der Waals surface area contributed by atoms with E-state index < -0.39 is 11.9 Å². The Labute approximate surface area is 146 Å². The molecule has 1 saturated heterocycles. The highest BCUT2D eigenvalue weighted by Crippen LogP contribution is 2.45. The minimum absolute atomic E-state index is 0.0197. The zero-order valence-electron chi connectivity index (χ0n) is 14.1. The van der Waals surface area contributed by atoms with Gasteiger partial charge in [-0.2, -0.15) is 0 Å². The second kappa shape index (κ2) is 7.13. The maximum absolute atomic E-state index is 12.6. The molecule has 25 heavy (non-hydrogen) atoms. The van der Waals surface area contributed by atoms with Crippen LogP contribution in [-0.4, -0.2) is 47.5 Å². The molecule has 2 amide bonds. The molecule has 2 N–H and O–H groups in total. The largest absolute Gasteiger partial charge is 0.497 e. The minimum Gasteiger partial charge on any atom is -0.497 e. The van der Waals surface area contributed by atoms with Crippen LogP contribution in [0.2, 0.25) is 0 Å². The van der Waals surface area contributed by atoms with E-state index in [9.17, 15) is 14.4 Å². The summed E-state index contributed by atoms with van der Waals surface area (Å²) in [4.78, 5) is 37.6. The number of nitrogens with one attached hydrogen (secondary N) is 1. The highest BCUT2D eigenvalue weighted by Gasteiger charge is 2.49. The molecule has 2 atom stereocenters. The lowest BCUT2D eigenvalue weighted by atomic mass is 9.92. The summed E-state index contributed by atoms with van der Waals surface area (Å²) in [6.45, 7) is 0.0626. The Bertz CT molecular complexity index is 686. The number of amides is 2. The first-order chi connectivity index (χ1) is 12.0. The van der Waals surface area contributed by atoms with Gasteiger partial charge in [-0.25, -0.2) is 0 Å². The lowest BCUT2D eigenvalue weighted by Crippen LogP contribution is -2.37. The van der Waals surface area contributed by atoms with E-state index >= 15 is 0 Å². The van der Waals surface area contributed by atoms with Gasteiger partial charge in [0.25, 0.3) is 0 Å². The second-order valence-electron chi connectivity index (χ2n) is 6.50. The van der Waals surface area contributed by atoms with Crippen molar-refractivity contribution in [3.63, 3.8) is 0 Å². The molecule has 1 heterocycles. The molecule has 1 aromatic carbocycles. The summed E-state index contributed by atoms with van der Waals surface area (Å²) < 4.78 is 5.27. The molecule has 0 spiro atoms. The number of hydrogen-bond donors (Lipinski definition) is 2. The number of ether oxygens (including phenoxy) is 1. The monoisotopic (exact) mass is 346 g/mol. The predicted octanol–water partition coefficient (Wildman–Crippen LogP) is 1.34. The second-order valence-corrected chi connectivity index (χ2v) is 6.50. The molecule has 2 aliphatic rings. The standard InChI is InChI=1S/C18H22N2O5/c1-25-13-4-2-3-11(9-13)17-14(18(24)19-8-7-16(22)23)10-15(21)20(17)12-5-6-12/h2-4,9,12,14,17H,5-8,10H2,1H3,(H,19,24)(H,22,23)/t14-,17+/m0/s1. The third kappa shape index (κ3) is 3.75. The number of carbonyl (C=O) groups is 3. The SMILES string of the molecule is COc1cccc([C@@H]2[C@@H](C(=O)NCCC(=O)O)CC(=O)N2C2CC2)c1. The number of hydrogen-bond acceptors (Lipinski definition) is 4. The van der Waals surface area contributed by atoms with E-state index in [1.54, 1.807) is 7.11 Å². The third-order valence-electron chi connectivity index (χ3n) is 4.71. The normalized spacial score (nSPS) is 22.8. The van der Waals surface area contributed by atoms with Crippen LogP contribution in [0.3, 0.4) is 0 Å². The zero-order valence-corrected chi connectivity index (χ0v) is 14.1. The Balaban J connectivity index is 1.83. The highest BCUT2D eigenvalue weighted by atomic mass is 16.5. The molecule has 1 aromatic rings. The predicted molar refractivity (Wildman–Crippen MR) is 89.0 cm³/mol. The van der Waals surface area contributed by atoms with Gasteiger partial charge in [0.1, 0.15) is 5.75 Å². The van der Waals surface area contributed by atoms with Crippen LogP contribution in [0.4, 0.5) is 0 Å². The molecule has 0 aromatic heterocycles. The molecular weight excluding hydrogens is 324 g/mol. The van der Waals surface area contributed by atoms with E-state index in [1.165, 1.54) is 0 Å². The van der Waals surface area contributed by atoms with Crippen LogP contribution in [0.5, 0.6) is 5.75 Å². The number of carbonyl (C=O) groups excluding carboxylic acids is 2. The maximum Gasteiger partial charge on any atom is 0.305 e. The number of benzene rings is 1. The van der Waals surface area contributed by atoms with Gasteiger partial charge in [0.15, 0.2) is 0 Å². The Kier molecular flexibility index (Phi) is 4.92. The number of rotatable bonds is 7. The third-order valence-corrected chi connectivity index (χ3v) is 4.71. The van der Waals surface area contributed by atoms with Crippen molar-refractivity contribution in [2.75, 3.05) is 13.7 Å². The van der Waals surface area contributed by atoms with E-state index in [0.29, 0.717) is 5.75 Å². The van der Waals surface area contributed by atoms with Crippen molar-refractivity contribution in [3.05, 3.63) is 29.8 Å². The minimum atomic E-state index is -0.966. The molecule has 2 fully saturated rings. The quantitative estimate of drug-likeness (QED) is 0.777. The van der Waals surface area contributed by atoms with Crippen molar-refractivity contribution in [3.8, 4) is 5.75 Å². The summed E-state index contributed by atoms with van der Waals surface area (Å²) in [5.74, 6) is -1.10. The molecule has 1 aliphatic heterocycles. The zero-order chi connectivity index (χ0) is 18.0. The van der Waals surface area contributed by atoms with E-state index in [0.717, 1.165) is 18.4 Å². The number of carboxylic acids is 1. The van der Waals surface area contributed by atoms with Gasteiger partial charge in [-0.3, -0.25) is 14.4 Å². The first kappa shape index (κ1) is 17.3. The lowest BCUT2D eigenvalue weighted by Gasteiger charge is -2.28. The molecule has 3 rings (SSSR count). The molecule has 7 heteroatoms. The van der Waals surface area contributed by atoms with Crippen molar-refractivity contribution in [1.29, 1.82) is 0 Å². The Morgan fingerprint density at radius 3 is 2.76 bits per heavy atom. The van der Waals surface area contributed by atoms with Crippen molar-refractivity contribution in [2.45, 2.75) is 37.8 Å². The van der Waals surface area contributed by atoms with Crippen molar-refractivity contribution >= 4 is 17.8 Å². The van der Waals surface area contributed by atoms with Crippen LogP contribution < -0.4 is 10.1 Å². The number of carboxylic acid groups (broad SMARTS) is 1. The smallest absolute Gasteiger partial charge is 0.305 e. The maximum atomic E-state index is 12.6. The number of aliphatic carboxylic acids is 1. The van der Waals surface area contributed by atoms with Gasteiger partial charge < -0.3 is 20.1 Å². The van der Waals surface area contributed by atoms with E-state index in [4.69, 9.17) is 9.84 Å². The highest BCUT2D eigenvalue weighted by molar-refractivity contribution is 5.91. The molecule has 7 nitrogen and oxygen atoms in total. The fourth-order valence-electron chi connectivity index (χ4n) is 3.42. The first-order valence-corrected chi connectivity index (χ1v) is 8.46. The van der Waals surface area contributed by atoms with Crippen molar-refractivity contribution in [2.24, 2.45) is 5.92 Å². The summed E-state index contributed by atoms with van der Waals surface area (Å²) in [6, 6.07) is 7.29. The average molecular weight is 346 g/mol. The van der Waals surface area contributed by atoms with Crippen molar-refractivity contribution < 1.29 is 24.2 Å². The number of nitrogens with zero attached hydrogens (tertiary/aromatic N) is 1. The summed E-state index contributed by atoms with van der Waals surface area (Å²) in [5.41, 5.74) is 0.871. The Morgan fingerprint density at radius 1 is 1.36 bits per heavy atom. The number of methoxy groups -OCH3 is 1. The van der Waals surface area contributed by atoms with Crippen LogP contribution in [0.25, 0.3) is 0 Å². The fraction of sp³-hybridized carbons (Fsp3) is 0.500. The summed E-state index contributed by atoms with van der Waals surface area (Å²) >= 11 is 0. The molecule has 0 unspecified atom stereocenters. The molecule has 1 saturated carbocycles. The van der Waals surface area contributed by atoms with E-state index in [2.05, 4.69) is 5.32 Å². The Morgan fingerprint density at radius 2 is 2.12 bits per heavy atom. The first-order valence-electron chi connectivity index (χ1n) is 8.46. The van der Waals surface area contributed by atoms with Gasteiger partial charge in [-0.15, -0.1) is 0 Å². The van der Waals surface area contributed by atoms with E-state index in [-0.39, 0.29) is 43.3 Å². The molecule has 134 valence electrons. The van der Waals surface area contributed by atoms with Gasteiger partial charge in [-0.05, 0) is 30.5 Å². The van der Waals surface area contributed by atoms with E-state index in [1.807, 2.05) is 29.2 Å². The van der Waals surface area contributed by atoms with Gasteiger partial charge >= 0.3 is 5.97 Å². The topological polar surface area (TPSA) is 95.9 Å². The molecule has 0 radical (unpaired) electrons. The summed E-state index contributed by atoms with van der Waals surface area (Å²) in [5, 5.41) is 11.4. The molecule has 0 bridgehead atoms. The van der Waals surface area contributed by atoms with Gasteiger partial charge in [0.05, 0.1) is 25.5 Å².